The number of halogens is 1. The van der Waals surface area contributed by atoms with Gasteiger partial charge in [0.15, 0.2) is 16.7 Å². The molecule has 2 rings (SSSR count). The first-order chi connectivity index (χ1) is 8.72. The summed E-state index contributed by atoms with van der Waals surface area (Å²) in [5, 5.41) is 3.92. The number of nitrogens with one attached hydrogen (secondary N) is 1. The SMILES string of the molecule is COc1cnc(SC)nc1Nc1ccc(Br)cc1. The van der Waals surface area contributed by atoms with Crippen LogP contribution < -0.4 is 10.1 Å². The summed E-state index contributed by atoms with van der Waals surface area (Å²) in [4.78, 5) is 8.55. The van der Waals surface area contributed by atoms with Crippen LogP contribution in [0.1, 0.15) is 0 Å². The van der Waals surface area contributed by atoms with E-state index in [0.717, 1.165) is 10.2 Å². The van der Waals surface area contributed by atoms with Gasteiger partial charge in [0.25, 0.3) is 0 Å². The summed E-state index contributed by atoms with van der Waals surface area (Å²) in [5.74, 6) is 1.29. The fraction of sp³-hybridized carbons (Fsp3) is 0.167. The highest BCUT2D eigenvalue weighted by molar-refractivity contribution is 9.10. The quantitative estimate of drug-likeness (QED) is 0.685. The number of anilines is 2. The van der Waals surface area contributed by atoms with Gasteiger partial charge in [-0.1, -0.05) is 27.7 Å². The van der Waals surface area contributed by atoms with E-state index in [1.54, 1.807) is 13.3 Å². The monoisotopic (exact) mass is 325 g/mol. The highest BCUT2D eigenvalue weighted by Crippen LogP contribution is 2.27. The van der Waals surface area contributed by atoms with E-state index in [4.69, 9.17) is 4.74 Å². The number of nitrogens with zero attached hydrogens (tertiary/aromatic N) is 2. The largest absolute Gasteiger partial charge is 0.491 e. The molecule has 18 heavy (non-hydrogen) atoms. The summed E-state index contributed by atoms with van der Waals surface area (Å²) < 4.78 is 6.27. The summed E-state index contributed by atoms with van der Waals surface area (Å²) in [7, 11) is 1.60. The molecular formula is C12H12BrN3OS. The molecule has 4 nitrogen and oxygen atoms in total. The summed E-state index contributed by atoms with van der Waals surface area (Å²) in [6, 6.07) is 7.85. The van der Waals surface area contributed by atoms with Gasteiger partial charge < -0.3 is 10.1 Å². The Morgan fingerprint density at radius 1 is 1.28 bits per heavy atom. The molecule has 1 N–H and O–H groups in total. The van der Waals surface area contributed by atoms with E-state index < -0.39 is 0 Å². The lowest BCUT2D eigenvalue weighted by atomic mass is 10.3. The van der Waals surface area contributed by atoms with Gasteiger partial charge in [-0.15, -0.1) is 0 Å². The maximum atomic E-state index is 5.23. The van der Waals surface area contributed by atoms with Crippen molar-refractivity contribution in [3.8, 4) is 5.75 Å². The molecule has 0 saturated carbocycles. The zero-order valence-electron chi connectivity index (χ0n) is 9.98. The molecule has 6 heteroatoms. The van der Waals surface area contributed by atoms with Crippen LogP contribution in [0.2, 0.25) is 0 Å². The Hall–Kier alpha value is -1.27. The smallest absolute Gasteiger partial charge is 0.189 e. The molecule has 0 spiro atoms. The lowest BCUT2D eigenvalue weighted by Crippen LogP contribution is -1.99. The number of benzene rings is 1. The van der Waals surface area contributed by atoms with Crippen LogP contribution in [-0.2, 0) is 0 Å². The zero-order chi connectivity index (χ0) is 13.0. The molecule has 0 amide bonds. The molecule has 0 bridgehead atoms. The van der Waals surface area contributed by atoms with Crippen LogP contribution in [-0.4, -0.2) is 23.3 Å². The van der Waals surface area contributed by atoms with Crippen LogP contribution in [0.3, 0.4) is 0 Å². The molecule has 0 unspecified atom stereocenters. The third-order valence-electron chi connectivity index (χ3n) is 2.24. The van der Waals surface area contributed by atoms with Crippen molar-refractivity contribution in [3.63, 3.8) is 0 Å². The molecule has 0 aliphatic carbocycles. The molecule has 0 fully saturated rings. The van der Waals surface area contributed by atoms with E-state index >= 15 is 0 Å². The van der Waals surface area contributed by atoms with Crippen molar-refractivity contribution < 1.29 is 4.74 Å². The number of aromatic nitrogens is 2. The van der Waals surface area contributed by atoms with Crippen molar-refractivity contribution in [2.45, 2.75) is 5.16 Å². The van der Waals surface area contributed by atoms with Crippen molar-refractivity contribution in [2.75, 3.05) is 18.7 Å². The van der Waals surface area contributed by atoms with Crippen molar-refractivity contribution in [3.05, 3.63) is 34.9 Å². The van der Waals surface area contributed by atoms with E-state index in [9.17, 15) is 0 Å². The van der Waals surface area contributed by atoms with Gasteiger partial charge >= 0.3 is 0 Å². The summed E-state index contributed by atoms with van der Waals surface area (Å²) >= 11 is 4.89. The number of methoxy groups -OCH3 is 1. The van der Waals surface area contributed by atoms with Gasteiger partial charge in [0, 0.05) is 10.2 Å². The Bertz CT molecular complexity index is 533. The molecule has 0 atom stereocenters. The third-order valence-corrected chi connectivity index (χ3v) is 3.33. The van der Waals surface area contributed by atoms with Crippen LogP contribution in [0.25, 0.3) is 0 Å². The molecule has 0 aliphatic rings. The summed E-state index contributed by atoms with van der Waals surface area (Å²) in [6.45, 7) is 0. The van der Waals surface area contributed by atoms with Gasteiger partial charge in [-0.25, -0.2) is 9.97 Å². The van der Waals surface area contributed by atoms with Gasteiger partial charge in [-0.3, -0.25) is 0 Å². The first kappa shape index (κ1) is 13.2. The van der Waals surface area contributed by atoms with Crippen molar-refractivity contribution in [1.82, 2.24) is 9.97 Å². The van der Waals surface area contributed by atoms with Crippen molar-refractivity contribution in [2.24, 2.45) is 0 Å². The highest BCUT2D eigenvalue weighted by atomic mass is 79.9. The summed E-state index contributed by atoms with van der Waals surface area (Å²) in [5.41, 5.74) is 0.947. The number of ether oxygens (including phenoxy) is 1. The van der Waals surface area contributed by atoms with E-state index in [1.165, 1.54) is 11.8 Å². The topological polar surface area (TPSA) is 47.0 Å². The van der Waals surface area contributed by atoms with Crippen LogP contribution in [0.4, 0.5) is 11.5 Å². The lowest BCUT2D eigenvalue weighted by molar-refractivity contribution is 0.411. The fourth-order valence-corrected chi connectivity index (χ4v) is 1.97. The Balaban J connectivity index is 2.29. The fourth-order valence-electron chi connectivity index (χ4n) is 1.36. The predicted octanol–water partition coefficient (Wildman–Crippen LogP) is 3.71. The molecule has 0 saturated heterocycles. The second-order valence-electron chi connectivity index (χ2n) is 3.41. The molecule has 0 aliphatic heterocycles. The van der Waals surface area contributed by atoms with E-state index in [0.29, 0.717) is 16.7 Å². The van der Waals surface area contributed by atoms with Crippen molar-refractivity contribution in [1.29, 1.82) is 0 Å². The molecule has 94 valence electrons. The number of hydrogen-bond acceptors (Lipinski definition) is 5. The Morgan fingerprint density at radius 3 is 2.61 bits per heavy atom. The van der Waals surface area contributed by atoms with Gasteiger partial charge in [-0.05, 0) is 30.5 Å². The Kier molecular flexibility index (Phi) is 4.43. The molecule has 0 radical (unpaired) electrons. The average Bonchev–Trinajstić information content (AvgIpc) is 2.41. The maximum Gasteiger partial charge on any atom is 0.189 e. The average molecular weight is 326 g/mol. The van der Waals surface area contributed by atoms with Crippen LogP contribution in [0.5, 0.6) is 5.75 Å². The van der Waals surface area contributed by atoms with E-state index in [1.807, 2.05) is 30.5 Å². The Morgan fingerprint density at radius 2 is 2.00 bits per heavy atom. The minimum Gasteiger partial charge on any atom is -0.491 e. The molecular weight excluding hydrogens is 314 g/mol. The lowest BCUT2D eigenvalue weighted by Gasteiger charge is -2.10. The van der Waals surface area contributed by atoms with Gasteiger partial charge in [0.1, 0.15) is 0 Å². The zero-order valence-corrected chi connectivity index (χ0v) is 12.4. The molecule has 1 aromatic heterocycles. The van der Waals surface area contributed by atoms with Crippen LogP contribution >= 0.6 is 27.7 Å². The first-order valence-corrected chi connectivity index (χ1v) is 7.22. The van der Waals surface area contributed by atoms with E-state index in [2.05, 4.69) is 31.2 Å². The number of rotatable bonds is 4. The van der Waals surface area contributed by atoms with E-state index in [-0.39, 0.29) is 0 Å². The number of thioether (sulfide) groups is 1. The Labute approximate surface area is 118 Å². The molecule has 1 heterocycles. The second-order valence-corrected chi connectivity index (χ2v) is 5.09. The number of hydrogen-bond donors (Lipinski definition) is 1. The highest BCUT2D eigenvalue weighted by Gasteiger charge is 2.07. The predicted molar refractivity (Wildman–Crippen MR) is 77.8 cm³/mol. The third kappa shape index (κ3) is 3.14. The van der Waals surface area contributed by atoms with Gasteiger partial charge in [0.2, 0.25) is 0 Å². The van der Waals surface area contributed by atoms with Crippen LogP contribution in [0, 0.1) is 0 Å². The maximum absolute atomic E-state index is 5.23. The minimum absolute atomic E-state index is 0.621. The standard InChI is InChI=1S/C12H12BrN3OS/c1-17-10-7-14-12(18-2)16-11(10)15-9-5-3-8(13)4-6-9/h3-7H,1-2H3,(H,14,15,16). The second kappa shape index (κ2) is 6.06. The first-order valence-electron chi connectivity index (χ1n) is 5.20. The minimum atomic E-state index is 0.621. The van der Waals surface area contributed by atoms with Crippen molar-refractivity contribution >= 4 is 39.2 Å². The molecule has 1 aromatic carbocycles. The van der Waals surface area contributed by atoms with Crippen LogP contribution in [0.15, 0.2) is 40.1 Å². The molecule has 2 aromatic rings. The normalized spacial score (nSPS) is 10.2. The summed E-state index contributed by atoms with van der Waals surface area (Å²) in [6.07, 6.45) is 3.60. The van der Waals surface area contributed by atoms with Gasteiger partial charge in [0.05, 0.1) is 13.3 Å². The van der Waals surface area contributed by atoms with Gasteiger partial charge in [-0.2, -0.15) is 0 Å².